The number of nitrogens with zero attached hydrogens (tertiary/aromatic N) is 2. The normalized spacial score (nSPS) is 22.2. The van der Waals surface area contributed by atoms with Gasteiger partial charge in [0.1, 0.15) is 0 Å². The third-order valence-electron chi connectivity index (χ3n) is 4.15. The average molecular weight is 342 g/mol. The van der Waals surface area contributed by atoms with Gasteiger partial charge in [-0.05, 0) is 30.9 Å². The molecule has 1 aliphatic rings. The molecule has 1 N–H and O–H groups in total. The SMILES string of the molecule is Cc1cc([N+](=O)[O-])cc(C)c1S(=O)(=O)N1C[C@@H](C)[C@H](C(=O)O)C1. The molecule has 0 spiro atoms. The molecule has 8 nitrogen and oxygen atoms in total. The van der Waals surface area contributed by atoms with E-state index in [0.717, 1.165) is 4.31 Å². The molecule has 1 fully saturated rings. The summed E-state index contributed by atoms with van der Waals surface area (Å²) in [6, 6.07) is 2.43. The van der Waals surface area contributed by atoms with Crippen molar-refractivity contribution in [2.45, 2.75) is 25.7 Å². The molecule has 1 heterocycles. The zero-order chi connectivity index (χ0) is 17.5. The van der Waals surface area contributed by atoms with Crippen LogP contribution in [0.15, 0.2) is 17.0 Å². The number of hydrogen-bond acceptors (Lipinski definition) is 5. The molecule has 0 aliphatic carbocycles. The molecule has 0 unspecified atom stereocenters. The Labute approximate surface area is 133 Å². The van der Waals surface area contributed by atoms with E-state index in [1.165, 1.54) is 26.0 Å². The number of carboxylic acid groups (broad SMARTS) is 1. The van der Waals surface area contributed by atoms with Gasteiger partial charge in [0.25, 0.3) is 5.69 Å². The Morgan fingerprint density at radius 3 is 2.22 bits per heavy atom. The van der Waals surface area contributed by atoms with E-state index in [-0.39, 0.29) is 40.7 Å². The first-order valence-electron chi connectivity index (χ1n) is 7.04. The summed E-state index contributed by atoms with van der Waals surface area (Å²) in [6.07, 6.45) is 0. The van der Waals surface area contributed by atoms with Gasteiger partial charge in [0.15, 0.2) is 0 Å². The average Bonchev–Trinajstić information content (AvgIpc) is 2.80. The fraction of sp³-hybridized carbons (Fsp3) is 0.500. The Morgan fingerprint density at radius 1 is 1.30 bits per heavy atom. The van der Waals surface area contributed by atoms with E-state index in [4.69, 9.17) is 5.11 Å². The van der Waals surface area contributed by atoms with E-state index in [2.05, 4.69) is 0 Å². The summed E-state index contributed by atoms with van der Waals surface area (Å²) in [4.78, 5) is 21.5. The third-order valence-corrected chi connectivity index (χ3v) is 6.29. The molecule has 0 aromatic heterocycles. The smallest absolute Gasteiger partial charge is 0.308 e. The van der Waals surface area contributed by atoms with Crippen LogP contribution in [0.5, 0.6) is 0 Å². The molecule has 2 atom stereocenters. The number of carbonyl (C=O) groups is 1. The summed E-state index contributed by atoms with van der Waals surface area (Å²) >= 11 is 0. The van der Waals surface area contributed by atoms with Crippen LogP contribution in [0.4, 0.5) is 5.69 Å². The minimum atomic E-state index is -3.89. The van der Waals surface area contributed by atoms with Crippen LogP contribution in [-0.2, 0) is 14.8 Å². The highest BCUT2D eigenvalue weighted by Gasteiger charge is 2.41. The molecule has 1 saturated heterocycles. The van der Waals surface area contributed by atoms with Crippen LogP contribution in [0.3, 0.4) is 0 Å². The Balaban J connectivity index is 2.46. The lowest BCUT2D eigenvalue weighted by atomic mass is 9.99. The summed E-state index contributed by atoms with van der Waals surface area (Å²) in [6.45, 7) is 4.73. The van der Waals surface area contributed by atoms with Crippen LogP contribution in [-0.4, -0.2) is 41.8 Å². The van der Waals surface area contributed by atoms with Gasteiger partial charge < -0.3 is 5.11 Å². The van der Waals surface area contributed by atoms with E-state index in [9.17, 15) is 23.3 Å². The maximum atomic E-state index is 12.8. The number of nitro groups is 1. The maximum absolute atomic E-state index is 12.8. The van der Waals surface area contributed by atoms with Gasteiger partial charge in [-0.1, -0.05) is 6.92 Å². The molecule has 0 bridgehead atoms. The van der Waals surface area contributed by atoms with Crippen LogP contribution in [0.1, 0.15) is 18.1 Å². The predicted molar refractivity (Wildman–Crippen MR) is 81.6 cm³/mol. The molecule has 0 amide bonds. The maximum Gasteiger partial charge on any atom is 0.308 e. The Bertz CT molecular complexity index is 750. The highest BCUT2D eigenvalue weighted by molar-refractivity contribution is 7.89. The third kappa shape index (κ3) is 3.06. The van der Waals surface area contributed by atoms with Gasteiger partial charge in [-0.25, -0.2) is 8.42 Å². The van der Waals surface area contributed by atoms with Crippen LogP contribution in [0.2, 0.25) is 0 Å². The van der Waals surface area contributed by atoms with Crippen molar-refractivity contribution < 1.29 is 23.2 Å². The number of benzene rings is 1. The number of carboxylic acids is 1. The van der Waals surface area contributed by atoms with Gasteiger partial charge in [-0.15, -0.1) is 0 Å². The summed E-state index contributed by atoms with van der Waals surface area (Å²) in [5.74, 6) is -2.06. The molecule has 1 aromatic carbocycles. The molecular formula is C14H18N2O6S. The Hall–Kier alpha value is -2.00. The molecular weight excluding hydrogens is 324 g/mol. The second-order valence-corrected chi connectivity index (χ2v) is 7.78. The fourth-order valence-electron chi connectivity index (χ4n) is 3.01. The number of non-ortho nitro benzene ring substituents is 1. The van der Waals surface area contributed by atoms with Crippen molar-refractivity contribution in [3.63, 3.8) is 0 Å². The van der Waals surface area contributed by atoms with Gasteiger partial charge in [0, 0.05) is 25.2 Å². The first-order chi connectivity index (χ1) is 10.6. The van der Waals surface area contributed by atoms with Gasteiger partial charge >= 0.3 is 5.97 Å². The monoisotopic (exact) mass is 342 g/mol. The summed E-state index contributed by atoms with van der Waals surface area (Å²) in [7, 11) is -3.89. The van der Waals surface area contributed by atoms with E-state index in [1.807, 2.05) is 0 Å². The lowest BCUT2D eigenvalue weighted by molar-refractivity contribution is -0.385. The molecule has 1 aliphatic heterocycles. The van der Waals surface area contributed by atoms with Crippen molar-refractivity contribution in [1.82, 2.24) is 4.31 Å². The number of aryl methyl sites for hydroxylation is 2. The molecule has 23 heavy (non-hydrogen) atoms. The highest BCUT2D eigenvalue weighted by Crippen LogP contribution is 2.33. The second kappa shape index (κ2) is 5.89. The van der Waals surface area contributed by atoms with Gasteiger partial charge in [0.05, 0.1) is 15.7 Å². The van der Waals surface area contributed by atoms with Gasteiger partial charge in [0.2, 0.25) is 10.0 Å². The quantitative estimate of drug-likeness (QED) is 0.655. The van der Waals surface area contributed by atoms with Crippen molar-refractivity contribution in [2.24, 2.45) is 11.8 Å². The molecule has 1 aromatic rings. The summed E-state index contributed by atoms with van der Waals surface area (Å²) in [5, 5.41) is 20.0. The Morgan fingerprint density at radius 2 is 1.83 bits per heavy atom. The topological polar surface area (TPSA) is 118 Å². The fourth-order valence-corrected chi connectivity index (χ4v) is 4.99. The summed E-state index contributed by atoms with van der Waals surface area (Å²) < 4.78 is 26.8. The van der Waals surface area contributed by atoms with Gasteiger partial charge in [-0.2, -0.15) is 4.31 Å². The van der Waals surface area contributed by atoms with Crippen molar-refractivity contribution in [3.05, 3.63) is 33.4 Å². The van der Waals surface area contributed by atoms with E-state index < -0.39 is 26.8 Å². The number of aliphatic carboxylic acids is 1. The molecule has 9 heteroatoms. The van der Waals surface area contributed by atoms with Crippen molar-refractivity contribution in [1.29, 1.82) is 0 Å². The number of sulfonamides is 1. The lowest BCUT2D eigenvalue weighted by Gasteiger charge is -2.19. The molecule has 0 saturated carbocycles. The number of nitro benzene ring substituents is 1. The first-order valence-corrected chi connectivity index (χ1v) is 8.48. The van der Waals surface area contributed by atoms with Crippen molar-refractivity contribution in [2.75, 3.05) is 13.1 Å². The number of rotatable bonds is 4. The van der Waals surface area contributed by atoms with Gasteiger partial charge in [-0.3, -0.25) is 14.9 Å². The van der Waals surface area contributed by atoms with E-state index in [0.29, 0.717) is 0 Å². The standard InChI is InChI=1S/C14H18N2O6S/c1-8-4-11(16(19)20)5-9(2)13(8)23(21,22)15-6-10(3)12(7-15)14(17)18/h4-5,10,12H,6-7H2,1-3H3,(H,17,18)/t10-,12-/m1/s1. The van der Waals surface area contributed by atoms with E-state index >= 15 is 0 Å². The van der Waals surface area contributed by atoms with Crippen molar-refractivity contribution in [3.8, 4) is 0 Å². The highest BCUT2D eigenvalue weighted by atomic mass is 32.2. The molecule has 0 radical (unpaired) electrons. The first kappa shape index (κ1) is 17.4. The largest absolute Gasteiger partial charge is 0.481 e. The van der Waals surface area contributed by atoms with Crippen LogP contribution < -0.4 is 0 Å². The number of hydrogen-bond donors (Lipinski definition) is 1. The minimum absolute atomic E-state index is 0.0151. The molecule has 126 valence electrons. The van der Waals surface area contributed by atoms with E-state index in [1.54, 1.807) is 6.92 Å². The van der Waals surface area contributed by atoms with Crippen molar-refractivity contribution >= 4 is 21.7 Å². The molecule has 2 rings (SSSR count). The lowest BCUT2D eigenvalue weighted by Crippen LogP contribution is -2.31. The zero-order valence-corrected chi connectivity index (χ0v) is 13.8. The summed E-state index contributed by atoms with van der Waals surface area (Å²) in [5.41, 5.74) is 0.392. The van der Waals surface area contributed by atoms with Crippen LogP contribution in [0, 0.1) is 35.8 Å². The van der Waals surface area contributed by atoms with Crippen LogP contribution in [0.25, 0.3) is 0 Å². The second-order valence-electron chi connectivity index (χ2n) is 5.91. The van der Waals surface area contributed by atoms with Crippen LogP contribution >= 0.6 is 0 Å². The predicted octanol–water partition coefficient (Wildman–Crippen LogP) is 1.55. The zero-order valence-electron chi connectivity index (χ0n) is 13.0. The Kier molecular flexibility index (Phi) is 4.45. The minimum Gasteiger partial charge on any atom is -0.481 e.